The van der Waals surface area contributed by atoms with E-state index in [1.54, 1.807) is 11.3 Å². The molecule has 21 heavy (non-hydrogen) atoms. The van der Waals surface area contributed by atoms with Gasteiger partial charge in [-0.05, 0) is 43.0 Å². The molecule has 1 aromatic carbocycles. The Hall–Kier alpha value is -1.26. The van der Waals surface area contributed by atoms with Crippen molar-refractivity contribution < 1.29 is 4.79 Å². The third-order valence-corrected chi connectivity index (χ3v) is 6.10. The molecular weight excluding hydrogens is 298 g/mol. The standard InChI is InChI=1S/C17H19NOS2/c1-3-12-10-16(21-11(12)2)17(19)18-14-8-9-20-15-7-5-4-6-13(14)15/h4-7,10,14H,3,8-9H2,1-2H3,(H,18,19)/t14-/m0/s1. The van der Waals surface area contributed by atoms with E-state index in [0.29, 0.717) is 0 Å². The summed E-state index contributed by atoms with van der Waals surface area (Å²) in [5.41, 5.74) is 2.54. The summed E-state index contributed by atoms with van der Waals surface area (Å²) in [4.78, 5) is 15.9. The number of hydrogen-bond acceptors (Lipinski definition) is 3. The molecule has 1 N–H and O–H groups in total. The van der Waals surface area contributed by atoms with Crippen LogP contribution < -0.4 is 5.32 Å². The number of hydrogen-bond donors (Lipinski definition) is 1. The predicted molar refractivity (Wildman–Crippen MR) is 90.4 cm³/mol. The molecule has 110 valence electrons. The van der Waals surface area contributed by atoms with Crippen LogP contribution in [0.2, 0.25) is 0 Å². The van der Waals surface area contributed by atoms with Crippen molar-refractivity contribution in [2.75, 3.05) is 5.75 Å². The Balaban J connectivity index is 1.79. The van der Waals surface area contributed by atoms with Gasteiger partial charge in [-0.1, -0.05) is 25.1 Å². The lowest BCUT2D eigenvalue weighted by Crippen LogP contribution is -2.30. The highest BCUT2D eigenvalue weighted by Gasteiger charge is 2.23. The predicted octanol–water partition coefficient (Wildman–Crippen LogP) is 4.59. The van der Waals surface area contributed by atoms with Gasteiger partial charge < -0.3 is 5.32 Å². The number of nitrogens with one attached hydrogen (secondary N) is 1. The Morgan fingerprint density at radius 2 is 2.19 bits per heavy atom. The molecule has 0 spiro atoms. The van der Waals surface area contributed by atoms with Crippen LogP contribution in [0.15, 0.2) is 35.2 Å². The number of carbonyl (C=O) groups is 1. The maximum atomic E-state index is 12.5. The molecule has 1 amide bonds. The van der Waals surface area contributed by atoms with Crippen LogP contribution in [0.5, 0.6) is 0 Å². The van der Waals surface area contributed by atoms with E-state index in [2.05, 4.69) is 37.4 Å². The molecule has 1 atom stereocenters. The van der Waals surface area contributed by atoms with Gasteiger partial charge >= 0.3 is 0 Å². The molecule has 0 radical (unpaired) electrons. The van der Waals surface area contributed by atoms with Gasteiger partial charge in [-0.3, -0.25) is 4.79 Å². The van der Waals surface area contributed by atoms with Gasteiger partial charge in [0.15, 0.2) is 0 Å². The summed E-state index contributed by atoms with van der Waals surface area (Å²) in [6.07, 6.45) is 1.98. The second-order valence-electron chi connectivity index (χ2n) is 5.25. The molecule has 1 aliphatic rings. The van der Waals surface area contributed by atoms with E-state index in [4.69, 9.17) is 0 Å². The van der Waals surface area contributed by atoms with E-state index in [0.717, 1.165) is 23.5 Å². The zero-order valence-corrected chi connectivity index (χ0v) is 13.9. The van der Waals surface area contributed by atoms with Gasteiger partial charge in [0.1, 0.15) is 0 Å². The van der Waals surface area contributed by atoms with Crippen molar-refractivity contribution >= 4 is 29.0 Å². The lowest BCUT2D eigenvalue weighted by molar-refractivity contribution is 0.0939. The summed E-state index contributed by atoms with van der Waals surface area (Å²) in [5, 5.41) is 3.21. The molecule has 2 nitrogen and oxygen atoms in total. The number of carbonyl (C=O) groups excluding carboxylic acids is 1. The molecule has 4 heteroatoms. The number of rotatable bonds is 3. The largest absolute Gasteiger partial charge is 0.344 e. The van der Waals surface area contributed by atoms with Crippen LogP contribution in [0.25, 0.3) is 0 Å². The first-order valence-electron chi connectivity index (χ1n) is 7.31. The molecule has 3 rings (SSSR count). The Morgan fingerprint density at radius 3 is 2.95 bits per heavy atom. The Labute approximate surface area is 134 Å². The minimum atomic E-state index is 0.0644. The Morgan fingerprint density at radius 1 is 1.38 bits per heavy atom. The van der Waals surface area contributed by atoms with E-state index >= 15 is 0 Å². The second-order valence-corrected chi connectivity index (χ2v) is 7.64. The molecular formula is C17H19NOS2. The lowest BCUT2D eigenvalue weighted by Gasteiger charge is -2.25. The molecule has 0 saturated carbocycles. The van der Waals surface area contributed by atoms with Crippen LogP contribution in [0, 0.1) is 6.92 Å². The minimum Gasteiger partial charge on any atom is -0.344 e. The number of thioether (sulfide) groups is 1. The maximum absolute atomic E-state index is 12.5. The molecule has 0 saturated heterocycles. The molecule has 2 aromatic rings. The molecule has 0 fully saturated rings. The van der Waals surface area contributed by atoms with Gasteiger partial charge in [-0.2, -0.15) is 0 Å². The summed E-state index contributed by atoms with van der Waals surface area (Å²) in [5.74, 6) is 1.13. The number of aryl methyl sites for hydroxylation is 2. The summed E-state index contributed by atoms with van der Waals surface area (Å²) < 4.78 is 0. The fourth-order valence-corrected chi connectivity index (χ4v) is 4.85. The van der Waals surface area contributed by atoms with Crippen LogP contribution in [-0.4, -0.2) is 11.7 Å². The van der Waals surface area contributed by atoms with Gasteiger partial charge in [0.25, 0.3) is 5.91 Å². The molecule has 0 unspecified atom stereocenters. The van der Waals surface area contributed by atoms with Gasteiger partial charge in [-0.15, -0.1) is 23.1 Å². The van der Waals surface area contributed by atoms with Crippen LogP contribution in [0.3, 0.4) is 0 Å². The van der Waals surface area contributed by atoms with Crippen LogP contribution in [0.4, 0.5) is 0 Å². The molecule has 0 bridgehead atoms. The van der Waals surface area contributed by atoms with Crippen LogP contribution in [-0.2, 0) is 6.42 Å². The van der Waals surface area contributed by atoms with Crippen molar-refractivity contribution in [1.82, 2.24) is 5.32 Å². The van der Waals surface area contributed by atoms with E-state index in [-0.39, 0.29) is 11.9 Å². The first-order chi connectivity index (χ1) is 10.2. The Bertz CT molecular complexity index is 663. The first kappa shape index (κ1) is 14.7. The highest BCUT2D eigenvalue weighted by molar-refractivity contribution is 7.99. The van der Waals surface area contributed by atoms with Gasteiger partial charge in [-0.25, -0.2) is 0 Å². The number of amides is 1. The van der Waals surface area contributed by atoms with Gasteiger partial charge in [0, 0.05) is 15.5 Å². The highest BCUT2D eigenvalue weighted by atomic mass is 32.2. The topological polar surface area (TPSA) is 29.1 Å². The van der Waals surface area contributed by atoms with Crippen LogP contribution >= 0.6 is 23.1 Å². The minimum absolute atomic E-state index is 0.0644. The molecule has 0 aliphatic carbocycles. The lowest BCUT2D eigenvalue weighted by atomic mass is 10.0. The SMILES string of the molecule is CCc1cc(C(=O)N[C@H]2CCSc3ccccc32)sc1C. The number of fused-ring (bicyclic) bond motifs is 1. The van der Waals surface area contributed by atoms with Gasteiger partial charge in [0.2, 0.25) is 0 Å². The summed E-state index contributed by atoms with van der Waals surface area (Å²) in [6, 6.07) is 10.6. The normalized spacial score (nSPS) is 17.3. The average Bonchev–Trinajstić information content (AvgIpc) is 2.89. The van der Waals surface area contributed by atoms with Crippen LogP contribution in [0.1, 0.15) is 45.1 Å². The molecule has 1 aromatic heterocycles. The number of benzene rings is 1. The van der Waals surface area contributed by atoms with E-state index < -0.39 is 0 Å². The average molecular weight is 317 g/mol. The summed E-state index contributed by atoms with van der Waals surface area (Å²) >= 11 is 3.48. The zero-order chi connectivity index (χ0) is 14.8. The third-order valence-electron chi connectivity index (χ3n) is 3.89. The second kappa shape index (κ2) is 6.24. The van der Waals surface area contributed by atoms with E-state index in [1.807, 2.05) is 23.9 Å². The highest BCUT2D eigenvalue weighted by Crippen LogP contribution is 2.36. The molecule has 2 heterocycles. The fourth-order valence-electron chi connectivity index (χ4n) is 2.70. The van der Waals surface area contributed by atoms with Crippen molar-refractivity contribution in [1.29, 1.82) is 0 Å². The van der Waals surface area contributed by atoms with E-state index in [1.165, 1.54) is 20.9 Å². The third kappa shape index (κ3) is 3.01. The number of thiophene rings is 1. The zero-order valence-electron chi connectivity index (χ0n) is 12.3. The fraction of sp³-hybridized carbons (Fsp3) is 0.353. The van der Waals surface area contributed by atoms with Crippen molar-refractivity contribution in [2.45, 2.75) is 37.6 Å². The first-order valence-corrected chi connectivity index (χ1v) is 9.11. The van der Waals surface area contributed by atoms with Crippen molar-refractivity contribution in [2.24, 2.45) is 0 Å². The van der Waals surface area contributed by atoms with Crippen molar-refractivity contribution in [3.63, 3.8) is 0 Å². The van der Waals surface area contributed by atoms with Crippen molar-refractivity contribution in [3.8, 4) is 0 Å². The van der Waals surface area contributed by atoms with Crippen molar-refractivity contribution in [3.05, 3.63) is 51.2 Å². The monoisotopic (exact) mass is 317 g/mol. The quantitative estimate of drug-likeness (QED) is 0.897. The smallest absolute Gasteiger partial charge is 0.261 e. The summed E-state index contributed by atoms with van der Waals surface area (Å²) in [7, 11) is 0. The van der Waals surface area contributed by atoms with Gasteiger partial charge in [0.05, 0.1) is 10.9 Å². The summed E-state index contributed by atoms with van der Waals surface area (Å²) in [6.45, 7) is 4.22. The maximum Gasteiger partial charge on any atom is 0.261 e. The Kier molecular flexibility index (Phi) is 4.36. The van der Waals surface area contributed by atoms with E-state index in [9.17, 15) is 4.79 Å². The molecule has 1 aliphatic heterocycles.